The number of rotatable bonds is 1. The maximum Gasteiger partial charge on any atom is 0.226 e. The zero-order valence-electron chi connectivity index (χ0n) is 5.09. The van der Waals surface area contributed by atoms with Crippen LogP contribution in [-0.4, -0.2) is 10.1 Å². The number of nitrogens with zero attached hydrogens (tertiary/aromatic N) is 1. The highest BCUT2D eigenvalue weighted by molar-refractivity contribution is 7.11. The van der Waals surface area contributed by atoms with Gasteiger partial charge in [0.25, 0.3) is 0 Å². The molecule has 1 heterocycles. The van der Waals surface area contributed by atoms with Crippen molar-refractivity contribution in [1.82, 2.24) is 4.98 Å². The Hall–Kier alpha value is -0.610. The topological polar surface area (TPSA) is 59.1 Å². The van der Waals surface area contributed by atoms with Gasteiger partial charge in [-0.05, 0) is 6.92 Å². The van der Waals surface area contributed by atoms with E-state index in [2.05, 4.69) is 4.98 Å². The summed E-state index contributed by atoms with van der Waals surface area (Å²) < 4.78 is 0. The standard InChI is InChI=1S/C5H8N2OS/c1-3-7-5(8)4(2-6)9-3/h8H,2,6H2,1H3. The van der Waals surface area contributed by atoms with E-state index in [9.17, 15) is 0 Å². The number of hydrogen-bond acceptors (Lipinski definition) is 4. The van der Waals surface area contributed by atoms with E-state index in [1.54, 1.807) is 0 Å². The fourth-order valence-corrected chi connectivity index (χ4v) is 1.30. The van der Waals surface area contributed by atoms with Crippen molar-refractivity contribution < 1.29 is 5.11 Å². The summed E-state index contributed by atoms with van der Waals surface area (Å²) in [5.41, 5.74) is 5.27. The van der Waals surface area contributed by atoms with E-state index in [1.807, 2.05) is 6.92 Å². The third-order valence-electron chi connectivity index (χ3n) is 0.969. The summed E-state index contributed by atoms with van der Waals surface area (Å²) in [4.78, 5) is 4.53. The van der Waals surface area contributed by atoms with Crippen molar-refractivity contribution in [2.24, 2.45) is 5.73 Å². The second kappa shape index (κ2) is 2.33. The monoisotopic (exact) mass is 144 g/mol. The first-order chi connectivity index (χ1) is 4.24. The minimum absolute atomic E-state index is 0.0833. The van der Waals surface area contributed by atoms with Gasteiger partial charge < -0.3 is 10.8 Å². The third kappa shape index (κ3) is 1.20. The molecule has 1 aromatic rings. The van der Waals surface area contributed by atoms with Crippen molar-refractivity contribution in [3.63, 3.8) is 0 Å². The highest BCUT2D eigenvalue weighted by Gasteiger charge is 2.03. The molecule has 0 bridgehead atoms. The first-order valence-electron chi connectivity index (χ1n) is 2.59. The second-order valence-electron chi connectivity index (χ2n) is 1.68. The predicted octanol–water partition coefficient (Wildman–Crippen LogP) is 0.616. The molecule has 0 aliphatic heterocycles. The molecule has 0 saturated carbocycles. The first kappa shape index (κ1) is 6.51. The normalized spacial score (nSPS) is 10.0. The summed E-state index contributed by atoms with van der Waals surface area (Å²) in [6.45, 7) is 2.21. The van der Waals surface area contributed by atoms with Crippen molar-refractivity contribution in [3.8, 4) is 5.88 Å². The maximum absolute atomic E-state index is 8.95. The van der Waals surface area contributed by atoms with Crippen LogP contribution in [0.1, 0.15) is 9.88 Å². The van der Waals surface area contributed by atoms with Gasteiger partial charge in [0.15, 0.2) is 0 Å². The van der Waals surface area contributed by atoms with Crippen molar-refractivity contribution >= 4 is 11.3 Å². The van der Waals surface area contributed by atoms with Gasteiger partial charge in [-0.3, -0.25) is 0 Å². The second-order valence-corrected chi connectivity index (χ2v) is 2.97. The van der Waals surface area contributed by atoms with Crippen molar-refractivity contribution in [3.05, 3.63) is 9.88 Å². The molecule has 0 aromatic carbocycles. The number of aryl methyl sites for hydroxylation is 1. The van der Waals surface area contributed by atoms with Gasteiger partial charge in [0.05, 0.1) is 9.88 Å². The zero-order valence-corrected chi connectivity index (χ0v) is 5.90. The molecule has 0 fully saturated rings. The van der Waals surface area contributed by atoms with Crippen LogP contribution in [0.4, 0.5) is 0 Å². The third-order valence-corrected chi connectivity index (χ3v) is 1.95. The van der Waals surface area contributed by atoms with Gasteiger partial charge in [0.1, 0.15) is 0 Å². The Morgan fingerprint density at radius 3 is 2.67 bits per heavy atom. The lowest BCUT2D eigenvalue weighted by Crippen LogP contribution is -1.92. The lowest BCUT2D eigenvalue weighted by atomic mass is 10.5. The van der Waals surface area contributed by atoms with Crippen LogP contribution in [0, 0.1) is 6.92 Å². The summed E-state index contributed by atoms with van der Waals surface area (Å²) in [6.07, 6.45) is 0. The number of thiazole rings is 1. The van der Waals surface area contributed by atoms with Crippen LogP contribution in [-0.2, 0) is 6.54 Å². The number of hydrogen-bond donors (Lipinski definition) is 2. The minimum atomic E-state index is 0.0833. The van der Waals surface area contributed by atoms with Gasteiger partial charge in [-0.15, -0.1) is 11.3 Å². The van der Waals surface area contributed by atoms with Crippen LogP contribution in [0.5, 0.6) is 5.88 Å². The summed E-state index contributed by atoms with van der Waals surface area (Å²) in [7, 11) is 0. The molecule has 0 radical (unpaired) electrons. The first-order valence-corrected chi connectivity index (χ1v) is 3.41. The van der Waals surface area contributed by atoms with Gasteiger partial charge in [-0.1, -0.05) is 0 Å². The average molecular weight is 144 g/mol. The van der Waals surface area contributed by atoms with Crippen LogP contribution in [0.2, 0.25) is 0 Å². The average Bonchev–Trinajstić information content (AvgIpc) is 2.10. The van der Waals surface area contributed by atoms with E-state index >= 15 is 0 Å². The molecule has 0 saturated heterocycles. The molecule has 0 spiro atoms. The summed E-state index contributed by atoms with van der Waals surface area (Å²) >= 11 is 1.43. The maximum atomic E-state index is 8.95. The van der Waals surface area contributed by atoms with E-state index in [0.29, 0.717) is 6.54 Å². The molecule has 0 amide bonds. The van der Waals surface area contributed by atoms with Crippen LogP contribution in [0.3, 0.4) is 0 Å². The summed E-state index contributed by atoms with van der Waals surface area (Å²) in [6, 6.07) is 0. The molecule has 4 heteroatoms. The van der Waals surface area contributed by atoms with Crippen LogP contribution in [0.15, 0.2) is 0 Å². The van der Waals surface area contributed by atoms with Crippen LogP contribution < -0.4 is 5.73 Å². The van der Waals surface area contributed by atoms with Crippen molar-refractivity contribution in [2.45, 2.75) is 13.5 Å². The zero-order chi connectivity index (χ0) is 6.85. The van der Waals surface area contributed by atoms with Crippen molar-refractivity contribution in [1.29, 1.82) is 0 Å². The summed E-state index contributed by atoms with van der Waals surface area (Å²) in [5.74, 6) is 0.0833. The van der Waals surface area contributed by atoms with Gasteiger partial charge in [-0.25, -0.2) is 4.98 Å². The molecule has 3 nitrogen and oxygen atoms in total. The quantitative estimate of drug-likeness (QED) is 0.607. The molecular weight excluding hydrogens is 136 g/mol. The smallest absolute Gasteiger partial charge is 0.226 e. The van der Waals surface area contributed by atoms with E-state index in [4.69, 9.17) is 10.8 Å². The molecule has 1 aromatic heterocycles. The van der Waals surface area contributed by atoms with Gasteiger partial charge in [0, 0.05) is 6.54 Å². The fraction of sp³-hybridized carbons (Fsp3) is 0.400. The Labute approximate surface area is 57.2 Å². The SMILES string of the molecule is Cc1nc(O)c(CN)s1. The van der Waals surface area contributed by atoms with Gasteiger partial charge in [0.2, 0.25) is 5.88 Å². The Balaban J connectivity index is 3.01. The highest BCUT2D eigenvalue weighted by Crippen LogP contribution is 2.21. The molecule has 50 valence electrons. The predicted molar refractivity (Wildman–Crippen MR) is 36.4 cm³/mol. The van der Waals surface area contributed by atoms with E-state index in [1.165, 1.54) is 11.3 Å². The molecule has 0 aliphatic rings. The Morgan fingerprint density at radius 2 is 2.44 bits per heavy atom. The highest BCUT2D eigenvalue weighted by atomic mass is 32.1. The molecule has 3 N–H and O–H groups in total. The Bertz CT molecular complexity index is 209. The Kier molecular flexibility index (Phi) is 1.68. The number of nitrogens with two attached hydrogens (primary N) is 1. The molecule has 0 aliphatic carbocycles. The van der Waals surface area contributed by atoms with E-state index in [-0.39, 0.29) is 5.88 Å². The minimum Gasteiger partial charge on any atom is -0.492 e. The lowest BCUT2D eigenvalue weighted by Gasteiger charge is -1.84. The number of aromatic hydroxyl groups is 1. The molecular formula is C5H8N2OS. The van der Waals surface area contributed by atoms with Gasteiger partial charge in [-0.2, -0.15) is 0 Å². The summed E-state index contributed by atoms with van der Waals surface area (Å²) in [5, 5.41) is 9.81. The molecule has 0 unspecified atom stereocenters. The fourth-order valence-electron chi connectivity index (χ4n) is 0.591. The van der Waals surface area contributed by atoms with Gasteiger partial charge >= 0.3 is 0 Å². The number of aromatic nitrogens is 1. The molecule has 1 rings (SSSR count). The molecule has 0 atom stereocenters. The van der Waals surface area contributed by atoms with Crippen molar-refractivity contribution in [2.75, 3.05) is 0 Å². The lowest BCUT2D eigenvalue weighted by molar-refractivity contribution is 0.450. The molecule has 9 heavy (non-hydrogen) atoms. The van der Waals surface area contributed by atoms with Crippen LogP contribution >= 0.6 is 11.3 Å². The van der Waals surface area contributed by atoms with Crippen LogP contribution in [0.25, 0.3) is 0 Å². The van der Waals surface area contributed by atoms with E-state index < -0.39 is 0 Å². The Morgan fingerprint density at radius 1 is 1.78 bits per heavy atom. The largest absolute Gasteiger partial charge is 0.492 e. The van der Waals surface area contributed by atoms with E-state index in [0.717, 1.165) is 9.88 Å².